The van der Waals surface area contributed by atoms with Gasteiger partial charge in [-0.25, -0.2) is 0 Å². The third-order valence-electron chi connectivity index (χ3n) is 4.02. The van der Waals surface area contributed by atoms with E-state index in [1.165, 1.54) is 37.8 Å². The second kappa shape index (κ2) is 6.80. The molecule has 1 heterocycles. The van der Waals surface area contributed by atoms with Crippen LogP contribution in [0.15, 0.2) is 12.1 Å². The summed E-state index contributed by atoms with van der Waals surface area (Å²) < 4.78 is 10.9. The number of hydrogen-bond acceptors (Lipinski definition) is 3. The smallest absolute Gasteiger partial charge is 0.128 e. The molecule has 0 spiro atoms. The van der Waals surface area contributed by atoms with E-state index in [2.05, 4.69) is 18.3 Å². The highest BCUT2D eigenvalue weighted by Gasteiger charge is 2.15. The van der Waals surface area contributed by atoms with Crippen molar-refractivity contribution in [3.8, 4) is 11.5 Å². The first kappa shape index (κ1) is 14.2. The molecule has 19 heavy (non-hydrogen) atoms. The average molecular weight is 263 g/mol. The van der Waals surface area contributed by atoms with Crippen molar-refractivity contribution in [3.05, 3.63) is 23.3 Å². The van der Waals surface area contributed by atoms with Gasteiger partial charge in [0.15, 0.2) is 0 Å². The average Bonchev–Trinajstić information content (AvgIpc) is 2.92. The van der Waals surface area contributed by atoms with Crippen LogP contribution in [-0.2, 0) is 6.42 Å². The number of hydrogen-bond donors (Lipinski definition) is 1. The molecule has 1 N–H and O–H groups in total. The Morgan fingerprint density at radius 2 is 2.11 bits per heavy atom. The molecule has 0 saturated carbocycles. The number of methoxy groups -OCH3 is 2. The minimum atomic E-state index is 0.727. The normalized spacial score (nSPS) is 18.6. The van der Waals surface area contributed by atoms with Crippen molar-refractivity contribution < 1.29 is 9.47 Å². The molecule has 1 fully saturated rings. The standard InChI is InChI=1S/C16H25NO2/c1-12-15(18-2)10-9-13(16(12)19-3)6-4-7-14-8-5-11-17-14/h9-10,14,17H,4-8,11H2,1-3H3. The molecule has 1 aliphatic heterocycles. The molecule has 3 nitrogen and oxygen atoms in total. The molecule has 1 aliphatic rings. The highest BCUT2D eigenvalue weighted by Crippen LogP contribution is 2.32. The van der Waals surface area contributed by atoms with Gasteiger partial charge in [-0.05, 0) is 57.2 Å². The topological polar surface area (TPSA) is 30.5 Å². The molecule has 3 heteroatoms. The molecule has 0 aliphatic carbocycles. The van der Waals surface area contributed by atoms with Crippen LogP contribution < -0.4 is 14.8 Å². The fourth-order valence-corrected chi connectivity index (χ4v) is 2.97. The Morgan fingerprint density at radius 3 is 2.74 bits per heavy atom. The largest absolute Gasteiger partial charge is 0.496 e. The first-order chi connectivity index (χ1) is 9.26. The Bertz CT molecular complexity index is 411. The van der Waals surface area contributed by atoms with Crippen molar-refractivity contribution >= 4 is 0 Å². The lowest BCUT2D eigenvalue weighted by Gasteiger charge is -2.15. The van der Waals surface area contributed by atoms with Crippen LogP contribution in [0.4, 0.5) is 0 Å². The minimum Gasteiger partial charge on any atom is -0.496 e. The van der Waals surface area contributed by atoms with Crippen LogP contribution in [0.1, 0.15) is 36.8 Å². The Labute approximate surface area is 116 Å². The van der Waals surface area contributed by atoms with Crippen molar-refractivity contribution in [3.63, 3.8) is 0 Å². The van der Waals surface area contributed by atoms with E-state index in [4.69, 9.17) is 9.47 Å². The summed E-state index contributed by atoms with van der Waals surface area (Å²) in [6.45, 7) is 3.25. The maximum atomic E-state index is 5.55. The molecule has 1 saturated heterocycles. The second-order valence-electron chi connectivity index (χ2n) is 5.27. The van der Waals surface area contributed by atoms with Crippen molar-refractivity contribution in [1.29, 1.82) is 0 Å². The monoisotopic (exact) mass is 263 g/mol. The number of nitrogens with one attached hydrogen (secondary N) is 1. The van der Waals surface area contributed by atoms with Crippen molar-refractivity contribution in [2.75, 3.05) is 20.8 Å². The molecule has 0 bridgehead atoms. The maximum Gasteiger partial charge on any atom is 0.128 e. The van der Waals surface area contributed by atoms with E-state index >= 15 is 0 Å². The van der Waals surface area contributed by atoms with Crippen LogP contribution in [-0.4, -0.2) is 26.8 Å². The van der Waals surface area contributed by atoms with Crippen molar-refractivity contribution in [2.45, 2.75) is 45.1 Å². The van der Waals surface area contributed by atoms with Gasteiger partial charge in [-0.2, -0.15) is 0 Å². The zero-order valence-corrected chi connectivity index (χ0v) is 12.3. The van der Waals surface area contributed by atoms with Gasteiger partial charge in [-0.3, -0.25) is 0 Å². The van der Waals surface area contributed by atoms with Gasteiger partial charge in [0.05, 0.1) is 14.2 Å². The SMILES string of the molecule is COc1ccc(CCCC2CCCN2)c(OC)c1C. The summed E-state index contributed by atoms with van der Waals surface area (Å²) in [6, 6.07) is 4.90. The lowest BCUT2D eigenvalue weighted by molar-refractivity contribution is 0.384. The van der Waals surface area contributed by atoms with Crippen molar-refractivity contribution in [2.24, 2.45) is 0 Å². The number of ether oxygens (including phenoxy) is 2. The summed E-state index contributed by atoms with van der Waals surface area (Å²) in [5.74, 6) is 1.89. The van der Waals surface area contributed by atoms with Crippen LogP contribution in [0.5, 0.6) is 11.5 Å². The Kier molecular flexibility index (Phi) is 5.08. The summed E-state index contributed by atoms with van der Waals surface area (Å²) in [5, 5.41) is 3.55. The lowest BCUT2D eigenvalue weighted by atomic mass is 10.0. The summed E-state index contributed by atoms with van der Waals surface area (Å²) in [6.07, 6.45) is 6.20. The Morgan fingerprint density at radius 1 is 1.26 bits per heavy atom. The fraction of sp³-hybridized carbons (Fsp3) is 0.625. The first-order valence-corrected chi connectivity index (χ1v) is 7.20. The molecule has 106 valence electrons. The van der Waals surface area contributed by atoms with Gasteiger partial charge in [0, 0.05) is 11.6 Å². The molecule has 1 atom stereocenters. The molecule has 2 rings (SSSR count). The molecular formula is C16H25NO2. The van der Waals surface area contributed by atoms with E-state index in [1.807, 2.05) is 6.07 Å². The molecule has 1 aromatic rings. The second-order valence-corrected chi connectivity index (χ2v) is 5.27. The first-order valence-electron chi connectivity index (χ1n) is 7.20. The minimum absolute atomic E-state index is 0.727. The predicted octanol–water partition coefficient (Wildman–Crippen LogP) is 3.09. The highest BCUT2D eigenvalue weighted by molar-refractivity contribution is 5.49. The van der Waals surface area contributed by atoms with Crippen LogP contribution in [0.2, 0.25) is 0 Å². The Hall–Kier alpha value is -1.22. The molecule has 1 aromatic carbocycles. The lowest BCUT2D eigenvalue weighted by Crippen LogP contribution is -2.21. The molecule has 0 radical (unpaired) electrons. The number of benzene rings is 1. The third kappa shape index (κ3) is 3.41. The van der Waals surface area contributed by atoms with Crippen LogP contribution in [0, 0.1) is 6.92 Å². The van der Waals surface area contributed by atoms with Gasteiger partial charge >= 0.3 is 0 Å². The van der Waals surface area contributed by atoms with Gasteiger partial charge in [0.2, 0.25) is 0 Å². The van der Waals surface area contributed by atoms with Gasteiger partial charge < -0.3 is 14.8 Å². The van der Waals surface area contributed by atoms with E-state index in [-0.39, 0.29) is 0 Å². The summed E-state index contributed by atoms with van der Waals surface area (Å²) in [7, 11) is 3.44. The number of aryl methyl sites for hydroxylation is 1. The molecule has 0 amide bonds. The summed E-state index contributed by atoms with van der Waals surface area (Å²) in [5.41, 5.74) is 2.39. The quantitative estimate of drug-likeness (QED) is 0.855. The maximum absolute atomic E-state index is 5.55. The van der Waals surface area contributed by atoms with Gasteiger partial charge in [-0.15, -0.1) is 0 Å². The van der Waals surface area contributed by atoms with E-state index in [0.717, 1.165) is 29.5 Å². The van der Waals surface area contributed by atoms with E-state index < -0.39 is 0 Å². The Balaban J connectivity index is 1.97. The number of rotatable bonds is 6. The van der Waals surface area contributed by atoms with E-state index in [0.29, 0.717) is 0 Å². The van der Waals surface area contributed by atoms with E-state index in [1.54, 1.807) is 14.2 Å². The summed E-state index contributed by atoms with van der Waals surface area (Å²) >= 11 is 0. The molecule has 0 aromatic heterocycles. The van der Waals surface area contributed by atoms with Gasteiger partial charge in [-0.1, -0.05) is 6.07 Å². The molecular weight excluding hydrogens is 238 g/mol. The van der Waals surface area contributed by atoms with Crippen molar-refractivity contribution in [1.82, 2.24) is 5.32 Å². The van der Waals surface area contributed by atoms with Gasteiger partial charge in [0.1, 0.15) is 11.5 Å². The predicted molar refractivity (Wildman–Crippen MR) is 78.2 cm³/mol. The molecule has 1 unspecified atom stereocenters. The summed E-state index contributed by atoms with van der Waals surface area (Å²) in [4.78, 5) is 0. The fourth-order valence-electron chi connectivity index (χ4n) is 2.97. The third-order valence-corrected chi connectivity index (χ3v) is 4.02. The van der Waals surface area contributed by atoms with E-state index in [9.17, 15) is 0 Å². The zero-order valence-electron chi connectivity index (χ0n) is 12.3. The van der Waals surface area contributed by atoms with Crippen LogP contribution in [0.3, 0.4) is 0 Å². The van der Waals surface area contributed by atoms with Gasteiger partial charge in [0.25, 0.3) is 0 Å². The van der Waals surface area contributed by atoms with Crippen LogP contribution in [0.25, 0.3) is 0 Å². The van der Waals surface area contributed by atoms with Crippen LogP contribution >= 0.6 is 0 Å². The zero-order chi connectivity index (χ0) is 13.7. The highest BCUT2D eigenvalue weighted by atomic mass is 16.5.